The Morgan fingerprint density at radius 3 is 2.69 bits per heavy atom. The molecule has 0 radical (unpaired) electrons. The molecule has 2 nitrogen and oxygen atoms in total. The van der Waals surface area contributed by atoms with Crippen molar-refractivity contribution in [3.05, 3.63) is 29.8 Å². The van der Waals surface area contributed by atoms with Crippen LogP contribution in [-0.2, 0) is 0 Å². The first-order valence-corrected chi connectivity index (χ1v) is 4.64. The number of para-hydroxylation sites is 1. The van der Waals surface area contributed by atoms with E-state index in [1.807, 2.05) is 25.1 Å². The summed E-state index contributed by atoms with van der Waals surface area (Å²) in [5, 5.41) is 9.57. The van der Waals surface area contributed by atoms with Crippen molar-refractivity contribution < 1.29 is 9.84 Å². The van der Waals surface area contributed by atoms with E-state index in [0.29, 0.717) is 5.92 Å². The van der Waals surface area contributed by atoms with E-state index in [1.165, 1.54) is 5.56 Å². The maximum absolute atomic E-state index is 9.57. The van der Waals surface area contributed by atoms with E-state index >= 15 is 0 Å². The standard InChI is InChI=1S/C11H14O2/c1-7-8(2)11(12)13-10-6-4-3-5-9(7)10/h3-8,11-12H,1-2H3/t7-,8+,11?/m0/s1. The summed E-state index contributed by atoms with van der Waals surface area (Å²) < 4.78 is 5.37. The van der Waals surface area contributed by atoms with Gasteiger partial charge < -0.3 is 9.84 Å². The summed E-state index contributed by atoms with van der Waals surface area (Å²) in [6.45, 7) is 4.13. The van der Waals surface area contributed by atoms with Gasteiger partial charge >= 0.3 is 0 Å². The van der Waals surface area contributed by atoms with E-state index < -0.39 is 6.29 Å². The minimum Gasteiger partial charge on any atom is -0.465 e. The number of ether oxygens (including phenoxy) is 1. The minimum atomic E-state index is -0.662. The van der Waals surface area contributed by atoms with Gasteiger partial charge in [-0.05, 0) is 17.5 Å². The highest BCUT2D eigenvalue weighted by Gasteiger charge is 2.30. The fraction of sp³-hybridized carbons (Fsp3) is 0.455. The summed E-state index contributed by atoms with van der Waals surface area (Å²) in [5.41, 5.74) is 1.19. The molecule has 3 atom stereocenters. The first-order chi connectivity index (χ1) is 6.20. The summed E-state index contributed by atoms with van der Waals surface area (Å²) in [6.07, 6.45) is -0.662. The maximum atomic E-state index is 9.57. The van der Waals surface area contributed by atoms with Crippen LogP contribution in [-0.4, -0.2) is 11.4 Å². The molecule has 0 amide bonds. The van der Waals surface area contributed by atoms with Crippen molar-refractivity contribution in [3.8, 4) is 5.75 Å². The SMILES string of the molecule is C[C@@H]1c2ccccc2OC(O)[C@@H]1C. The third-order valence-electron chi connectivity index (χ3n) is 2.90. The molecule has 0 aromatic heterocycles. The van der Waals surface area contributed by atoms with Crippen molar-refractivity contribution in [2.24, 2.45) is 5.92 Å². The molecule has 1 aliphatic rings. The second-order valence-corrected chi connectivity index (χ2v) is 3.69. The van der Waals surface area contributed by atoms with Gasteiger partial charge in [0, 0.05) is 5.92 Å². The molecule has 1 heterocycles. The van der Waals surface area contributed by atoms with E-state index in [0.717, 1.165) is 5.75 Å². The molecule has 1 aromatic rings. The van der Waals surface area contributed by atoms with Gasteiger partial charge in [0.1, 0.15) is 5.75 Å². The predicted octanol–water partition coefficient (Wildman–Crippen LogP) is 2.14. The van der Waals surface area contributed by atoms with Crippen molar-refractivity contribution in [1.82, 2.24) is 0 Å². The van der Waals surface area contributed by atoms with Crippen molar-refractivity contribution in [2.45, 2.75) is 26.1 Å². The lowest BCUT2D eigenvalue weighted by Gasteiger charge is -2.32. The highest BCUT2D eigenvalue weighted by molar-refractivity contribution is 5.38. The van der Waals surface area contributed by atoms with Crippen LogP contribution in [0.5, 0.6) is 5.75 Å². The van der Waals surface area contributed by atoms with E-state index in [1.54, 1.807) is 0 Å². The van der Waals surface area contributed by atoms with Crippen LogP contribution in [0.4, 0.5) is 0 Å². The fourth-order valence-corrected chi connectivity index (χ4v) is 1.73. The third-order valence-corrected chi connectivity index (χ3v) is 2.90. The highest BCUT2D eigenvalue weighted by atomic mass is 16.6. The van der Waals surface area contributed by atoms with Gasteiger partial charge in [-0.2, -0.15) is 0 Å². The molecule has 0 saturated carbocycles. The van der Waals surface area contributed by atoms with Crippen LogP contribution in [0, 0.1) is 5.92 Å². The third kappa shape index (κ3) is 1.31. The zero-order valence-electron chi connectivity index (χ0n) is 7.90. The summed E-state index contributed by atoms with van der Waals surface area (Å²) in [5.74, 6) is 1.34. The minimum absolute atomic E-state index is 0.162. The molecule has 13 heavy (non-hydrogen) atoms. The van der Waals surface area contributed by atoms with Crippen LogP contribution in [0.3, 0.4) is 0 Å². The molecule has 70 valence electrons. The summed E-state index contributed by atoms with van der Waals surface area (Å²) >= 11 is 0. The number of benzene rings is 1. The molecule has 0 saturated heterocycles. The molecule has 0 aliphatic carbocycles. The van der Waals surface area contributed by atoms with Crippen molar-refractivity contribution in [2.75, 3.05) is 0 Å². The Hall–Kier alpha value is -1.02. The van der Waals surface area contributed by atoms with Gasteiger partial charge in [0.05, 0.1) is 0 Å². The number of fused-ring (bicyclic) bond motifs is 1. The highest BCUT2D eigenvalue weighted by Crippen LogP contribution is 2.38. The lowest BCUT2D eigenvalue weighted by atomic mass is 9.86. The van der Waals surface area contributed by atoms with E-state index in [4.69, 9.17) is 4.74 Å². The van der Waals surface area contributed by atoms with Crippen molar-refractivity contribution >= 4 is 0 Å². The smallest absolute Gasteiger partial charge is 0.200 e. The molecular formula is C11H14O2. The Bertz CT molecular complexity index is 309. The zero-order valence-corrected chi connectivity index (χ0v) is 7.90. The second-order valence-electron chi connectivity index (χ2n) is 3.69. The Morgan fingerprint density at radius 2 is 1.92 bits per heavy atom. The summed E-state index contributed by atoms with van der Waals surface area (Å²) in [7, 11) is 0. The number of hydrogen-bond acceptors (Lipinski definition) is 2. The normalized spacial score (nSPS) is 32.1. The van der Waals surface area contributed by atoms with Crippen LogP contribution < -0.4 is 4.74 Å². The van der Waals surface area contributed by atoms with Crippen LogP contribution in [0.2, 0.25) is 0 Å². The molecular weight excluding hydrogens is 164 g/mol. The molecule has 1 unspecified atom stereocenters. The van der Waals surface area contributed by atoms with Gasteiger partial charge in [-0.3, -0.25) is 0 Å². The Morgan fingerprint density at radius 1 is 1.23 bits per heavy atom. The molecule has 0 bridgehead atoms. The largest absolute Gasteiger partial charge is 0.465 e. The molecule has 1 N–H and O–H groups in total. The lowest BCUT2D eigenvalue weighted by molar-refractivity contribution is -0.0750. The molecule has 1 aromatic carbocycles. The molecule has 0 fully saturated rings. The molecule has 2 rings (SSSR count). The lowest BCUT2D eigenvalue weighted by Crippen LogP contribution is -2.32. The van der Waals surface area contributed by atoms with E-state index in [2.05, 4.69) is 13.0 Å². The number of aliphatic hydroxyl groups is 1. The van der Waals surface area contributed by atoms with E-state index in [9.17, 15) is 5.11 Å². The summed E-state index contributed by atoms with van der Waals surface area (Å²) in [6, 6.07) is 7.89. The number of aliphatic hydroxyl groups excluding tert-OH is 1. The van der Waals surface area contributed by atoms with Gasteiger partial charge in [-0.1, -0.05) is 32.0 Å². The Balaban J connectivity index is 2.43. The Labute approximate surface area is 78.2 Å². The van der Waals surface area contributed by atoms with Gasteiger partial charge in [0.15, 0.2) is 0 Å². The summed E-state index contributed by atoms with van der Waals surface area (Å²) in [4.78, 5) is 0. The van der Waals surface area contributed by atoms with Gasteiger partial charge in [-0.25, -0.2) is 0 Å². The number of rotatable bonds is 0. The van der Waals surface area contributed by atoms with Crippen LogP contribution in [0.25, 0.3) is 0 Å². The molecule has 0 spiro atoms. The van der Waals surface area contributed by atoms with Gasteiger partial charge in [0.25, 0.3) is 0 Å². The average Bonchev–Trinajstić information content (AvgIpc) is 2.15. The quantitative estimate of drug-likeness (QED) is 0.659. The number of hydrogen-bond donors (Lipinski definition) is 1. The monoisotopic (exact) mass is 178 g/mol. The fourth-order valence-electron chi connectivity index (χ4n) is 1.73. The first-order valence-electron chi connectivity index (χ1n) is 4.64. The van der Waals surface area contributed by atoms with Gasteiger partial charge in [0.2, 0.25) is 6.29 Å². The van der Waals surface area contributed by atoms with Crippen LogP contribution in [0.1, 0.15) is 25.3 Å². The second kappa shape index (κ2) is 3.04. The van der Waals surface area contributed by atoms with Crippen LogP contribution >= 0.6 is 0 Å². The molecule has 1 aliphatic heterocycles. The van der Waals surface area contributed by atoms with Crippen molar-refractivity contribution in [1.29, 1.82) is 0 Å². The predicted molar refractivity (Wildman–Crippen MR) is 50.7 cm³/mol. The van der Waals surface area contributed by atoms with E-state index in [-0.39, 0.29) is 5.92 Å². The zero-order chi connectivity index (χ0) is 9.42. The topological polar surface area (TPSA) is 29.5 Å². The maximum Gasteiger partial charge on any atom is 0.200 e. The Kier molecular flexibility index (Phi) is 2.00. The van der Waals surface area contributed by atoms with Gasteiger partial charge in [-0.15, -0.1) is 0 Å². The van der Waals surface area contributed by atoms with Crippen LogP contribution in [0.15, 0.2) is 24.3 Å². The van der Waals surface area contributed by atoms with Crippen molar-refractivity contribution in [3.63, 3.8) is 0 Å². The molecule has 2 heteroatoms. The average molecular weight is 178 g/mol. The first kappa shape index (κ1) is 8.57.